The van der Waals surface area contributed by atoms with Gasteiger partial charge in [-0.2, -0.15) is 0 Å². The Kier molecular flexibility index (Phi) is 4.69. The summed E-state index contributed by atoms with van der Waals surface area (Å²) >= 11 is 0. The Morgan fingerprint density at radius 1 is 1.25 bits per heavy atom. The van der Waals surface area contributed by atoms with Gasteiger partial charge in [0.2, 0.25) is 0 Å². The average Bonchev–Trinajstić information content (AvgIpc) is 2.30. The van der Waals surface area contributed by atoms with Crippen molar-refractivity contribution in [2.24, 2.45) is 0 Å². The molecule has 0 aliphatic heterocycles. The summed E-state index contributed by atoms with van der Waals surface area (Å²) in [5.74, 6) is 0.146. The molecule has 0 heterocycles. The lowest BCUT2D eigenvalue weighted by Crippen LogP contribution is -2.24. The van der Waals surface area contributed by atoms with Gasteiger partial charge in [-0.3, -0.25) is 4.79 Å². The molecule has 0 aromatic heterocycles. The van der Waals surface area contributed by atoms with Crippen molar-refractivity contribution in [3.05, 3.63) is 35.9 Å². The number of carbonyl (C=O) groups is 1. The molecule has 0 radical (unpaired) electrons. The quantitative estimate of drug-likeness (QED) is 0.686. The molecule has 0 N–H and O–H groups in total. The monoisotopic (exact) mass is 220 g/mol. The molecule has 2 heteroatoms. The van der Waals surface area contributed by atoms with Gasteiger partial charge in [0, 0.05) is 12.0 Å². The van der Waals surface area contributed by atoms with Crippen molar-refractivity contribution < 1.29 is 9.53 Å². The largest absolute Gasteiger partial charge is 0.375 e. The van der Waals surface area contributed by atoms with E-state index in [1.54, 1.807) is 0 Å². The third-order valence-corrected chi connectivity index (χ3v) is 2.77. The molecule has 2 nitrogen and oxygen atoms in total. The van der Waals surface area contributed by atoms with E-state index < -0.39 is 0 Å². The van der Waals surface area contributed by atoms with Crippen LogP contribution in [0, 0.1) is 0 Å². The van der Waals surface area contributed by atoms with Gasteiger partial charge in [-0.05, 0) is 20.3 Å². The Hall–Kier alpha value is -1.15. The standard InChI is InChI=1S/C14H20O2/c1-4-14(2,3)16-11-10-13(15)12-8-6-5-7-9-12/h5-9H,4,10-11H2,1-3H3. The second-order valence-electron chi connectivity index (χ2n) is 4.50. The van der Waals surface area contributed by atoms with Crippen LogP contribution in [0.1, 0.15) is 44.0 Å². The van der Waals surface area contributed by atoms with E-state index in [1.807, 2.05) is 44.2 Å². The maximum Gasteiger partial charge on any atom is 0.165 e. The van der Waals surface area contributed by atoms with Crippen molar-refractivity contribution in [3.63, 3.8) is 0 Å². The Bertz CT molecular complexity index is 328. The fourth-order valence-electron chi connectivity index (χ4n) is 1.29. The molecule has 0 unspecified atom stereocenters. The summed E-state index contributed by atoms with van der Waals surface area (Å²) in [4.78, 5) is 11.7. The van der Waals surface area contributed by atoms with Crippen LogP contribution in [0.5, 0.6) is 0 Å². The van der Waals surface area contributed by atoms with Crippen LogP contribution in [0.25, 0.3) is 0 Å². The highest BCUT2D eigenvalue weighted by atomic mass is 16.5. The van der Waals surface area contributed by atoms with Crippen LogP contribution in [-0.2, 0) is 4.74 Å². The number of benzene rings is 1. The Labute approximate surface area is 97.6 Å². The number of carbonyl (C=O) groups excluding carboxylic acids is 1. The number of hydrogen-bond acceptors (Lipinski definition) is 2. The minimum absolute atomic E-state index is 0.128. The average molecular weight is 220 g/mol. The van der Waals surface area contributed by atoms with E-state index in [0.717, 1.165) is 12.0 Å². The molecular formula is C14H20O2. The van der Waals surface area contributed by atoms with Gasteiger partial charge in [-0.15, -0.1) is 0 Å². The van der Waals surface area contributed by atoms with Crippen LogP contribution in [-0.4, -0.2) is 18.0 Å². The fraction of sp³-hybridized carbons (Fsp3) is 0.500. The minimum atomic E-state index is -0.128. The predicted octanol–water partition coefficient (Wildman–Crippen LogP) is 3.46. The molecule has 0 saturated carbocycles. The second kappa shape index (κ2) is 5.80. The van der Waals surface area contributed by atoms with Crippen LogP contribution < -0.4 is 0 Å². The van der Waals surface area contributed by atoms with Crippen LogP contribution in [0.3, 0.4) is 0 Å². The molecule has 1 aromatic rings. The maximum absolute atomic E-state index is 11.7. The lowest BCUT2D eigenvalue weighted by atomic mass is 10.1. The summed E-state index contributed by atoms with van der Waals surface area (Å²) in [5, 5.41) is 0. The van der Waals surface area contributed by atoms with Crippen molar-refractivity contribution in [3.8, 4) is 0 Å². The van der Waals surface area contributed by atoms with Crippen LogP contribution in [0.4, 0.5) is 0 Å². The van der Waals surface area contributed by atoms with Gasteiger partial charge in [-0.25, -0.2) is 0 Å². The third kappa shape index (κ3) is 4.15. The second-order valence-corrected chi connectivity index (χ2v) is 4.50. The number of rotatable bonds is 6. The first-order valence-electron chi connectivity index (χ1n) is 5.77. The first-order chi connectivity index (χ1) is 7.55. The zero-order valence-electron chi connectivity index (χ0n) is 10.3. The van der Waals surface area contributed by atoms with Gasteiger partial charge < -0.3 is 4.74 Å². The molecule has 0 atom stereocenters. The highest BCUT2D eigenvalue weighted by Gasteiger charge is 2.15. The van der Waals surface area contributed by atoms with E-state index in [-0.39, 0.29) is 11.4 Å². The number of hydrogen-bond donors (Lipinski definition) is 0. The lowest BCUT2D eigenvalue weighted by molar-refractivity contribution is -0.0190. The van der Waals surface area contributed by atoms with Crippen molar-refractivity contribution in [2.75, 3.05) is 6.61 Å². The zero-order valence-corrected chi connectivity index (χ0v) is 10.3. The Morgan fingerprint density at radius 2 is 1.88 bits per heavy atom. The first kappa shape index (κ1) is 12.9. The Morgan fingerprint density at radius 3 is 2.44 bits per heavy atom. The summed E-state index contributed by atoms with van der Waals surface area (Å²) in [6, 6.07) is 9.35. The number of ether oxygens (including phenoxy) is 1. The molecule has 88 valence electrons. The molecule has 0 spiro atoms. The van der Waals surface area contributed by atoms with E-state index >= 15 is 0 Å². The van der Waals surface area contributed by atoms with E-state index in [9.17, 15) is 4.79 Å². The van der Waals surface area contributed by atoms with Crippen LogP contribution in [0.2, 0.25) is 0 Å². The van der Waals surface area contributed by atoms with Crippen LogP contribution >= 0.6 is 0 Å². The first-order valence-corrected chi connectivity index (χ1v) is 5.77. The van der Waals surface area contributed by atoms with E-state index in [4.69, 9.17) is 4.74 Å². The number of Topliss-reactive ketones (excluding diaryl/α,β-unsaturated/α-hetero) is 1. The maximum atomic E-state index is 11.7. The number of ketones is 1. The minimum Gasteiger partial charge on any atom is -0.375 e. The summed E-state index contributed by atoms with van der Waals surface area (Å²) in [5.41, 5.74) is 0.636. The summed E-state index contributed by atoms with van der Waals surface area (Å²) in [6.45, 7) is 6.66. The van der Waals surface area contributed by atoms with Crippen LogP contribution in [0.15, 0.2) is 30.3 Å². The third-order valence-electron chi connectivity index (χ3n) is 2.77. The Balaban J connectivity index is 2.37. The van der Waals surface area contributed by atoms with Gasteiger partial charge in [0.15, 0.2) is 5.78 Å². The molecule has 0 amide bonds. The van der Waals surface area contributed by atoms with E-state index in [2.05, 4.69) is 6.92 Å². The molecular weight excluding hydrogens is 200 g/mol. The summed E-state index contributed by atoms with van der Waals surface area (Å²) in [7, 11) is 0. The van der Waals surface area contributed by atoms with Gasteiger partial charge in [0.1, 0.15) is 0 Å². The SMILES string of the molecule is CCC(C)(C)OCCC(=O)c1ccccc1. The van der Waals surface area contributed by atoms with E-state index in [0.29, 0.717) is 13.0 Å². The molecule has 1 rings (SSSR count). The lowest BCUT2D eigenvalue weighted by Gasteiger charge is -2.23. The summed E-state index contributed by atoms with van der Waals surface area (Å²) in [6.07, 6.45) is 1.40. The molecule has 0 aliphatic rings. The van der Waals surface area contributed by atoms with Gasteiger partial charge in [0.05, 0.1) is 12.2 Å². The molecule has 0 bridgehead atoms. The summed E-state index contributed by atoms with van der Waals surface area (Å²) < 4.78 is 5.65. The highest BCUT2D eigenvalue weighted by molar-refractivity contribution is 5.96. The molecule has 16 heavy (non-hydrogen) atoms. The van der Waals surface area contributed by atoms with Crippen molar-refractivity contribution >= 4 is 5.78 Å². The van der Waals surface area contributed by atoms with Crippen molar-refractivity contribution in [2.45, 2.75) is 39.2 Å². The molecule has 0 saturated heterocycles. The molecule has 0 fully saturated rings. The molecule has 1 aromatic carbocycles. The van der Waals surface area contributed by atoms with Gasteiger partial charge in [-0.1, -0.05) is 37.3 Å². The van der Waals surface area contributed by atoms with Gasteiger partial charge in [0.25, 0.3) is 0 Å². The van der Waals surface area contributed by atoms with Crippen molar-refractivity contribution in [1.82, 2.24) is 0 Å². The smallest absolute Gasteiger partial charge is 0.165 e. The predicted molar refractivity (Wildman–Crippen MR) is 65.7 cm³/mol. The van der Waals surface area contributed by atoms with E-state index in [1.165, 1.54) is 0 Å². The highest BCUT2D eigenvalue weighted by Crippen LogP contribution is 2.14. The fourth-order valence-corrected chi connectivity index (χ4v) is 1.29. The zero-order chi connectivity index (χ0) is 12.0. The topological polar surface area (TPSA) is 26.3 Å². The normalized spacial score (nSPS) is 11.4. The van der Waals surface area contributed by atoms with Crippen molar-refractivity contribution in [1.29, 1.82) is 0 Å². The van der Waals surface area contributed by atoms with Gasteiger partial charge >= 0.3 is 0 Å². The molecule has 0 aliphatic carbocycles.